The number of allylic oxidation sites excluding steroid dienone is 1. The summed E-state index contributed by atoms with van der Waals surface area (Å²) in [7, 11) is 1.90. The molecular formula is C11H17N3O. The number of hydrogen-bond donors (Lipinski definition) is 1. The molecule has 1 heterocycles. The lowest BCUT2D eigenvalue weighted by Crippen LogP contribution is -2.33. The van der Waals surface area contributed by atoms with Gasteiger partial charge in [0.05, 0.1) is 5.60 Å². The highest BCUT2D eigenvalue weighted by atomic mass is 16.3. The van der Waals surface area contributed by atoms with Crippen LogP contribution < -0.4 is 0 Å². The largest absolute Gasteiger partial charge is 0.385 e. The van der Waals surface area contributed by atoms with Crippen molar-refractivity contribution in [3.8, 4) is 0 Å². The van der Waals surface area contributed by atoms with Crippen LogP contribution in [0.5, 0.6) is 0 Å². The molecule has 2 rings (SSSR count). The van der Waals surface area contributed by atoms with Crippen LogP contribution in [0.1, 0.15) is 25.6 Å². The molecule has 1 aromatic rings. The molecule has 0 aromatic carbocycles. The van der Waals surface area contributed by atoms with E-state index in [0.717, 1.165) is 18.7 Å². The van der Waals surface area contributed by atoms with Gasteiger partial charge in [0, 0.05) is 13.5 Å². The molecule has 4 heteroatoms. The van der Waals surface area contributed by atoms with Crippen LogP contribution in [0, 0.1) is 5.92 Å². The van der Waals surface area contributed by atoms with Crippen LogP contribution >= 0.6 is 0 Å². The van der Waals surface area contributed by atoms with Crippen molar-refractivity contribution in [1.29, 1.82) is 0 Å². The maximum Gasteiger partial charge on any atom is 0.135 e. The molecule has 0 spiro atoms. The predicted octanol–water partition coefficient (Wildman–Crippen LogP) is 1.07. The summed E-state index contributed by atoms with van der Waals surface area (Å²) in [5, 5.41) is 18.1. The Kier molecular flexibility index (Phi) is 2.61. The van der Waals surface area contributed by atoms with Crippen LogP contribution in [-0.2, 0) is 13.5 Å². The van der Waals surface area contributed by atoms with E-state index in [0.29, 0.717) is 12.3 Å². The van der Waals surface area contributed by atoms with Crippen molar-refractivity contribution in [1.82, 2.24) is 14.8 Å². The van der Waals surface area contributed by atoms with Crippen LogP contribution in [0.15, 0.2) is 18.5 Å². The third kappa shape index (κ3) is 2.26. The van der Waals surface area contributed by atoms with Crippen molar-refractivity contribution in [2.24, 2.45) is 13.0 Å². The normalized spacial score (nSPS) is 30.7. The summed E-state index contributed by atoms with van der Waals surface area (Å²) in [4.78, 5) is 0. The summed E-state index contributed by atoms with van der Waals surface area (Å²) in [6.45, 7) is 2.17. The Morgan fingerprint density at radius 2 is 2.47 bits per heavy atom. The second-order valence-corrected chi connectivity index (χ2v) is 4.51. The molecule has 0 radical (unpaired) electrons. The molecule has 82 valence electrons. The summed E-state index contributed by atoms with van der Waals surface area (Å²) in [5.41, 5.74) is -0.729. The Hall–Kier alpha value is -1.16. The fourth-order valence-electron chi connectivity index (χ4n) is 1.89. The van der Waals surface area contributed by atoms with Crippen molar-refractivity contribution in [3.05, 3.63) is 24.3 Å². The Morgan fingerprint density at radius 3 is 3.00 bits per heavy atom. The minimum absolute atomic E-state index is 0.548. The van der Waals surface area contributed by atoms with Gasteiger partial charge in [0.25, 0.3) is 0 Å². The molecular weight excluding hydrogens is 190 g/mol. The smallest absolute Gasteiger partial charge is 0.135 e. The Bertz CT molecular complexity index is 372. The van der Waals surface area contributed by atoms with E-state index < -0.39 is 5.60 Å². The number of aliphatic hydroxyl groups is 1. The first-order valence-electron chi connectivity index (χ1n) is 5.34. The monoisotopic (exact) mass is 207 g/mol. The molecule has 0 amide bonds. The van der Waals surface area contributed by atoms with Crippen LogP contribution in [-0.4, -0.2) is 25.5 Å². The van der Waals surface area contributed by atoms with Crippen molar-refractivity contribution < 1.29 is 5.11 Å². The number of nitrogens with zero attached hydrogens (tertiary/aromatic N) is 3. The van der Waals surface area contributed by atoms with E-state index in [4.69, 9.17) is 0 Å². The van der Waals surface area contributed by atoms with E-state index in [1.54, 1.807) is 6.33 Å². The number of aryl methyl sites for hydroxylation is 1. The van der Waals surface area contributed by atoms with E-state index in [-0.39, 0.29) is 0 Å². The average Bonchev–Trinajstić information content (AvgIpc) is 2.58. The SMILES string of the molecule is CC1C=CC(O)(Cc2nncn2C)CC1. The lowest BCUT2D eigenvalue weighted by atomic mass is 9.84. The molecule has 0 saturated heterocycles. The molecule has 2 unspecified atom stereocenters. The van der Waals surface area contributed by atoms with E-state index in [1.165, 1.54) is 0 Å². The van der Waals surface area contributed by atoms with Crippen LogP contribution in [0.3, 0.4) is 0 Å². The maximum atomic E-state index is 10.3. The third-order valence-electron chi connectivity index (χ3n) is 3.04. The van der Waals surface area contributed by atoms with Gasteiger partial charge in [0.1, 0.15) is 12.2 Å². The summed E-state index contributed by atoms with van der Waals surface area (Å²) in [6.07, 6.45) is 8.04. The first kappa shape index (κ1) is 10.4. The van der Waals surface area contributed by atoms with Gasteiger partial charge in [-0.05, 0) is 18.8 Å². The second-order valence-electron chi connectivity index (χ2n) is 4.51. The zero-order valence-corrected chi connectivity index (χ0v) is 9.22. The summed E-state index contributed by atoms with van der Waals surface area (Å²) < 4.78 is 1.85. The van der Waals surface area contributed by atoms with Gasteiger partial charge in [-0.2, -0.15) is 0 Å². The van der Waals surface area contributed by atoms with E-state index in [9.17, 15) is 5.11 Å². The van der Waals surface area contributed by atoms with Gasteiger partial charge in [-0.1, -0.05) is 19.1 Å². The van der Waals surface area contributed by atoms with Crippen molar-refractivity contribution in [2.45, 2.75) is 31.8 Å². The molecule has 15 heavy (non-hydrogen) atoms. The van der Waals surface area contributed by atoms with Crippen LogP contribution in [0.2, 0.25) is 0 Å². The van der Waals surface area contributed by atoms with Gasteiger partial charge in [0.2, 0.25) is 0 Å². The third-order valence-corrected chi connectivity index (χ3v) is 3.04. The molecule has 1 aromatic heterocycles. The lowest BCUT2D eigenvalue weighted by molar-refractivity contribution is 0.0672. The van der Waals surface area contributed by atoms with E-state index in [1.807, 2.05) is 17.7 Å². The molecule has 0 saturated carbocycles. The Labute approximate surface area is 89.6 Å². The lowest BCUT2D eigenvalue weighted by Gasteiger charge is -2.29. The van der Waals surface area contributed by atoms with E-state index in [2.05, 4.69) is 23.2 Å². The number of aromatic nitrogens is 3. The van der Waals surface area contributed by atoms with Crippen molar-refractivity contribution in [2.75, 3.05) is 0 Å². The molecule has 0 bridgehead atoms. The summed E-state index contributed by atoms with van der Waals surface area (Å²) in [5.74, 6) is 1.40. The highest BCUT2D eigenvalue weighted by Gasteiger charge is 2.29. The van der Waals surface area contributed by atoms with Gasteiger partial charge in [-0.15, -0.1) is 10.2 Å². The standard InChI is InChI=1S/C11H17N3O/c1-9-3-5-11(15,6-4-9)7-10-13-12-8-14(10)2/h3,5,8-9,15H,4,6-7H2,1-2H3. The fourth-order valence-corrected chi connectivity index (χ4v) is 1.89. The summed E-state index contributed by atoms with van der Waals surface area (Å²) >= 11 is 0. The molecule has 1 aliphatic carbocycles. The fraction of sp³-hybridized carbons (Fsp3) is 0.636. The number of rotatable bonds is 2. The minimum Gasteiger partial charge on any atom is -0.385 e. The summed E-state index contributed by atoms with van der Waals surface area (Å²) in [6, 6.07) is 0. The highest BCUT2D eigenvalue weighted by Crippen LogP contribution is 2.27. The Morgan fingerprint density at radius 1 is 1.67 bits per heavy atom. The minimum atomic E-state index is -0.729. The number of hydrogen-bond acceptors (Lipinski definition) is 3. The van der Waals surface area contributed by atoms with Gasteiger partial charge >= 0.3 is 0 Å². The topological polar surface area (TPSA) is 50.9 Å². The molecule has 2 atom stereocenters. The zero-order valence-electron chi connectivity index (χ0n) is 9.22. The van der Waals surface area contributed by atoms with Gasteiger partial charge in [-0.3, -0.25) is 0 Å². The predicted molar refractivity (Wildman–Crippen MR) is 57.2 cm³/mol. The molecule has 1 aliphatic rings. The van der Waals surface area contributed by atoms with Crippen LogP contribution in [0.25, 0.3) is 0 Å². The molecule has 4 nitrogen and oxygen atoms in total. The zero-order chi connectivity index (χ0) is 10.9. The quantitative estimate of drug-likeness (QED) is 0.738. The second kappa shape index (κ2) is 3.77. The average molecular weight is 207 g/mol. The van der Waals surface area contributed by atoms with Gasteiger partial charge in [-0.25, -0.2) is 0 Å². The molecule has 0 fully saturated rings. The van der Waals surface area contributed by atoms with Gasteiger partial charge in [0.15, 0.2) is 0 Å². The molecule has 1 N–H and O–H groups in total. The molecule has 0 aliphatic heterocycles. The van der Waals surface area contributed by atoms with Gasteiger partial charge < -0.3 is 9.67 Å². The maximum absolute atomic E-state index is 10.3. The van der Waals surface area contributed by atoms with Crippen molar-refractivity contribution >= 4 is 0 Å². The Balaban J connectivity index is 2.12. The highest BCUT2D eigenvalue weighted by molar-refractivity contribution is 5.11. The van der Waals surface area contributed by atoms with E-state index >= 15 is 0 Å². The van der Waals surface area contributed by atoms with Crippen LogP contribution in [0.4, 0.5) is 0 Å². The first-order valence-corrected chi connectivity index (χ1v) is 5.34. The first-order chi connectivity index (χ1) is 7.09. The van der Waals surface area contributed by atoms with Crippen molar-refractivity contribution in [3.63, 3.8) is 0 Å².